The molecule has 0 spiro atoms. The number of aliphatic hydroxyl groups excluding tert-OH is 1. The second-order valence-corrected chi connectivity index (χ2v) is 14.8. The van der Waals surface area contributed by atoms with Gasteiger partial charge in [-0.25, -0.2) is 9.59 Å². The zero-order chi connectivity index (χ0) is 39.4. The number of piperazine rings is 1. The Kier molecular flexibility index (Phi) is 13.8. The average Bonchev–Trinajstić information content (AvgIpc) is 3.26. The maximum absolute atomic E-state index is 13.0. The van der Waals surface area contributed by atoms with E-state index < -0.39 is 24.3 Å². The molecular formula is C47H52N4O6. The summed E-state index contributed by atoms with van der Waals surface area (Å²) in [6.07, 6.45) is 0.305. The fraction of sp³-hybridized carbons (Fsp3) is 0.319. The van der Waals surface area contributed by atoms with Gasteiger partial charge >= 0.3 is 12.0 Å². The normalized spacial score (nSPS) is 19.4. The van der Waals surface area contributed by atoms with Crippen LogP contribution in [0, 0.1) is 0 Å². The molecule has 2 heterocycles. The number of carbonyl (C=O) groups is 2. The van der Waals surface area contributed by atoms with Crippen LogP contribution in [0.2, 0.25) is 0 Å². The first kappa shape index (κ1) is 39.9. The molecule has 0 aromatic heterocycles. The Hall–Kier alpha value is -5.36. The molecular weight excluding hydrogens is 717 g/mol. The van der Waals surface area contributed by atoms with E-state index in [-0.39, 0.29) is 25.4 Å². The molecule has 2 saturated heterocycles. The zero-order valence-electron chi connectivity index (χ0n) is 32.5. The van der Waals surface area contributed by atoms with Gasteiger partial charge in [0.15, 0.2) is 6.29 Å². The van der Waals surface area contributed by atoms with Crippen molar-refractivity contribution in [3.05, 3.63) is 167 Å². The lowest BCUT2D eigenvalue weighted by atomic mass is 9.97. The Morgan fingerprint density at radius 2 is 1.37 bits per heavy atom. The van der Waals surface area contributed by atoms with Gasteiger partial charge in [-0.1, -0.05) is 133 Å². The summed E-state index contributed by atoms with van der Waals surface area (Å²) in [5.41, 5.74) is 8.02. The summed E-state index contributed by atoms with van der Waals surface area (Å²) in [4.78, 5) is 30.5. The van der Waals surface area contributed by atoms with E-state index in [1.54, 1.807) is 0 Å². The maximum atomic E-state index is 13.0. The Morgan fingerprint density at radius 1 is 0.737 bits per heavy atom. The Morgan fingerprint density at radius 3 is 2.05 bits per heavy atom. The summed E-state index contributed by atoms with van der Waals surface area (Å²) < 4.78 is 18.3. The quantitative estimate of drug-likeness (QED) is 0.106. The maximum Gasteiger partial charge on any atom is 0.328 e. The molecule has 2 aliphatic heterocycles. The minimum atomic E-state index is -0.821. The standard InChI is InChI=1S/C47H52N4O6/c1-55-45(53)43(28-34-10-4-2-5-11-34)49-47(54)48-30-40-14-8-9-15-42(40)37-20-22-39(23-21-37)46-56-41(29-44(57-46)38-18-16-36(33-52)17-19-38)32-51-26-24-50(25-27-51)31-35-12-6-3-7-13-35/h2-23,41,43-44,46,52H,24-33H2,1H3,(H2,48,49,54)/t41-,43-,44+,46+/m0/s1. The summed E-state index contributed by atoms with van der Waals surface area (Å²) >= 11 is 0. The van der Waals surface area contributed by atoms with Crippen molar-refractivity contribution in [1.82, 2.24) is 20.4 Å². The number of rotatable bonds is 14. The van der Waals surface area contributed by atoms with Crippen molar-refractivity contribution >= 4 is 12.0 Å². The van der Waals surface area contributed by atoms with Crippen molar-refractivity contribution in [3.8, 4) is 11.1 Å². The van der Waals surface area contributed by atoms with Crippen molar-refractivity contribution in [1.29, 1.82) is 0 Å². The molecule has 0 unspecified atom stereocenters. The van der Waals surface area contributed by atoms with Crippen molar-refractivity contribution < 1.29 is 28.9 Å². The van der Waals surface area contributed by atoms with Crippen LogP contribution in [0.25, 0.3) is 11.1 Å². The fourth-order valence-electron chi connectivity index (χ4n) is 7.64. The van der Waals surface area contributed by atoms with Gasteiger partial charge in [0, 0.05) is 64.2 Å². The second kappa shape index (κ2) is 19.7. The first-order valence-corrected chi connectivity index (χ1v) is 19.8. The van der Waals surface area contributed by atoms with Crippen LogP contribution in [-0.4, -0.2) is 78.9 Å². The van der Waals surface area contributed by atoms with E-state index >= 15 is 0 Å². The minimum Gasteiger partial charge on any atom is -0.467 e. The summed E-state index contributed by atoms with van der Waals surface area (Å²) in [6.45, 7) is 6.05. The van der Waals surface area contributed by atoms with Crippen LogP contribution < -0.4 is 10.6 Å². The molecule has 7 rings (SSSR count). The van der Waals surface area contributed by atoms with Gasteiger partial charge in [0.2, 0.25) is 0 Å². The summed E-state index contributed by atoms with van der Waals surface area (Å²) in [6, 6.07) is 43.1. The predicted molar refractivity (Wildman–Crippen MR) is 220 cm³/mol. The number of hydrogen-bond donors (Lipinski definition) is 3. The van der Waals surface area contributed by atoms with Crippen LogP contribution in [0.3, 0.4) is 0 Å². The molecule has 0 saturated carbocycles. The number of amides is 2. The van der Waals surface area contributed by atoms with Crippen molar-refractivity contribution in [3.63, 3.8) is 0 Å². The molecule has 10 nitrogen and oxygen atoms in total. The van der Waals surface area contributed by atoms with Gasteiger partial charge in [-0.2, -0.15) is 0 Å². The number of esters is 1. The van der Waals surface area contributed by atoms with Gasteiger partial charge in [0.1, 0.15) is 6.04 Å². The average molecular weight is 769 g/mol. The molecule has 0 radical (unpaired) electrons. The first-order chi connectivity index (χ1) is 27.9. The number of aliphatic hydroxyl groups is 1. The molecule has 10 heteroatoms. The Bertz CT molecular complexity index is 2020. The largest absolute Gasteiger partial charge is 0.467 e. The van der Waals surface area contributed by atoms with Crippen LogP contribution in [0.1, 0.15) is 52.2 Å². The predicted octanol–water partition coefficient (Wildman–Crippen LogP) is 6.79. The molecule has 0 bridgehead atoms. The highest BCUT2D eigenvalue weighted by Gasteiger charge is 2.34. The molecule has 0 aliphatic carbocycles. The third-order valence-corrected chi connectivity index (χ3v) is 10.8. The van der Waals surface area contributed by atoms with E-state index in [0.29, 0.717) is 6.42 Å². The van der Waals surface area contributed by atoms with Gasteiger partial charge in [-0.05, 0) is 38.9 Å². The van der Waals surface area contributed by atoms with Gasteiger partial charge < -0.3 is 30.0 Å². The third-order valence-electron chi connectivity index (χ3n) is 10.8. The van der Waals surface area contributed by atoms with Crippen LogP contribution in [0.4, 0.5) is 4.79 Å². The van der Waals surface area contributed by atoms with E-state index in [1.165, 1.54) is 12.7 Å². The van der Waals surface area contributed by atoms with Gasteiger partial charge in [-0.3, -0.25) is 9.80 Å². The van der Waals surface area contributed by atoms with Gasteiger partial charge in [-0.15, -0.1) is 0 Å². The van der Waals surface area contributed by atoms with E-state index in [2.05, 4.69) is 75.0 Å². The van der Waals surface area contributed by atoms with Crippen molar-refractivity contribution in [2.45, 2.75) is 57.1 Å². The van der Waals surface area contributed by atoms with Gasteiger partial charge in [0.05, 0.1) is 25.9 Å². The molecule has 2 amide bonds. The molecule has 4 atom stereocenters. The highest BCUT2D eigenvalue weighted by atomic mass is 16.7. The van der Waals surface area contributed by atoms with Crippen LogP contribution in [-0.2, 0) is 45.1 Å². The van der Waals surface area contributed by atoms with Crippen LogP contribution >= 0.6 is 0 Å². The highest BCUT2D eigenvalue weighted by Crippen LogP contribution is 2.39. The lowest BCUT2D eigenvalue weighted by Crippen LogP contribution is -2.49. The van der Waals surface area contributed by atoms with E-state index in [9.17, 15) is 14.7 Å². The van der Waals surface area contributed by atoms with Crippen LogP contribution in [0.5, 0.6) is 0 Å². The summed E-state index contributed by atoms with van der Waals surface area (Å²) in [5, 5.41) is 15.3. The van der Waals surface area contributed by atoms with E-state index in [1.807, 2.05) is 78.9 Å². The Labute approximate surface area is 335 Å². The number of urea groups is 1. The van der Waals surface area contributed by atoms with Crippen molar-refractivity contribution in [2.75, 3.05) is 39.8 Å². The highest BCUT2D eigenvalue weighted by molar-refractivity contribution is 5.84. The van der Waals surface area contributed by atoms with E-state index in [0.717, 1.165) is 84.6 Å². The minimum absolute atomic E-state index is 0.000230. The topological polar surface area (TPSA) is 113 Å². The molecule has 57 heavy (non-hydrogen) atoms. The second-order valence-electron chi connectivity index (χ2n) is 14.8. The third kappa shape index (κ3) is 10.9. The number of carbonyl (C=O) groups excluding carboxylic acids is 2. The number of methoxy groups -OCH3 is 1. The molecule has 2 fully saturated rings. The number of benzene rings is 5. The molecule has 5 aromatic carbocycles. The smallest absolute Gasteiger partial charge is 0.328 e. The first-order valence-electron chi connectivity index (χ1n) is 19.8. The molecule has 5 aromatic rings. The summed E-state index contributed by atoms with van der Waals surface area (Å²) in [5.74, 6) is -0.505. The molecule has 3 N–H and O–H groups in total. The lowest BCUT2D eigenvalue weighted by Gasteiger charge is -2.40. The van der Waals surface area contributed by atoms with Gasteiger partial charge in [0.25, 0.3) is 0 Å². The molecule has 296 valence electrons. The number of hydrogen-bond acceptors (Lipinski definition) is 8. The number of nitrogens with zero attached hydrogens (tertiary/aromatic N) is 2. The van der Waals surface area contributed by atoms with Crippen molar-refractivity contribution in [2.24, 2.45) is 0 Å². The lowest BCUT2D eigenvalue weighted by molar-refractivity contribution is -0.253. The molecule has 2 aliphatic rings. The SMILES string of the molecule is COC(=O)[C@H](Cc1ccccc1)NC(=O)NCc1ccccc1-c1ccc([C@@H]2O[C@H](CN3CCN(Cc4ccccc4)CC3)C[C@H](c3ccc(CO)cc3)O2)cc1. The monoisotopic (exact) mass is 768 g/mol. The number of nitrogens with one attached hydrogen (secondary N) is 2. The van der Waals surface area contributed by atoms with E-state index in [4.69, 9.17) is 14.2 Å². The number of ether oxygens (including phenoxy) is 3. The summed E-state index contributed by atoms with van der Waals surface area (Å²) in [7, 11) is 1.32. The van der Waals surface area contributed by atoms with Crippen LogP contribution in [0.15, 0.2) is 133 Å². The Balaban J connectivity index is 1.00. The zero-order valence-corrected chi connectivity index (χ0v) is 32.5. The fourth-order valence-corrected chi connectivity index (χ4v) is 7.64.